The van der Waals surface area contributed by atoms with Gasteiger partial charge in [-0.3, -0.25) is 0 Å². The minimum atomic E-state index is 0.758. The monoisotopic (exact) mass is 294 g/mol. The third-order valence-electron chi connectivity index (χ3n) is 5.79. The topological polar surface area (TPSA) is 0 Å². The molecule has 126 valence electrons. The normalized spacial score (nSPS) is 25.6. The Morgan fingerprint density at radius 1 is 0.714 bits per heavy atom. The van der Waals surface area contributed by atoms with Crippen LogP contribution in [0.25, 0.3) is 0 Å². The number of hydrogen-bond acceptors (Lipinski definition) is 0. The Labute approximate surface area is 135 Å². The predicted molar refractivity (Wildman–Crippen MR) is 96.8 cm³/mol. The van der Waals surface area contributed by atoms with E-state index in [4.69, 9.17) is 0 Å². The molecule has 1 rings (SSSR count). The van der Waals surface area contributed by atoms with Crippen molar-refractivity contribution in [3.8, 4) is 0 Å². The molecular weight excluding hydrogens is 252 g/mol. The van der Waals surface area contributed by atoms with Crippen LogP contribution in [0.2, 0.25) is 0 Å². The van der Waals surface area contributed by atoms with E-state index in [1.165, 1.54) is 103 Å². The quantitative estimate of drug-likeness (QED) is 0.303. The van der Waals surface area contributed by atoms with Gasteiger partial charge in [0.1, 0.15) is 0 Å². The van der Waals surface area contributed by atoms with E-state index >= 15 is 0 Å². The fraction of sp³-hybridized carbons (Fsp3) is 1.00. The maximum Gasteiger partial charge on any atom is -0.0295 e. The van der Waals surface area contributed by atoms with Crippen LogP contribution < -0.4 is 0 Å². The molecule has 0 spiro atoms. The number of unbranched alkanes of at least 4 members (excludes halogenated alkanes) is 9. The van der Waals surface area contributed by atoms with Crippen molar-refractivity contribution in [1.82, 2.24) is 0 Å². The Balaban J connectivity index is 1.97. The second-order valence-electron chi connectivity index (χ2n) is 8.03. The van der Waals surface area contributed by atoms with Crippen molar-refractivity contribution in [3.05, 3.63) is 0 Å². The average Bonchev–Trinajstić information content (AvgIpc) is 2.83. The SMILES string of the molecule is CCCCCCCCCCCCC1(CCC)CC[C@H](C)C1. The zero-order valence-corrected chi connectivity index (χ0v) is 15.4. The van der Waals surface area contributed by atoms with Crippen LogP contribution in [0.15, 0.2) is 0 Å². The van der Waals surface area contributed by atoms with Gasteiger partial charge in [0.25, 0.3) is 0 Å². The fourth-order valence-electron chi connectivity index (χ4n) is 4.59. The van der Waals surface area contributed by atoms with E-state index in [1.807, 2.05) is 0 Å². The Bertz CT molecular complexity index is 228. The lowest BCUT2D eigenvalue weighted by atomic mass is 9.76. The Kier molecular flexibility index (Phi) is 10.5. The van der Waals surface area contributed by atoms with Crippen LogP contribution in [0.4, 0.5) is 0 Å². The smallest absolute Gasteiger partial charge is 0.0295 e. The van der Waals surface area contributed by atoms with Gasteiger partial charge in [-0.25, -0.2) is 0 Å². The molecule has 0 nitrogen and oxygen atoms in total. The molecule has 0 bridgehead atoms. The summed E-state index contributed by atoms with van der Waals surface area (Å²) in [4.78, 5) is 0. The summed E-state index contributed by atoms with van der Waals surface area (Å²) in [7, 11) is 0. The molecule has 1 aliphatic carbocycles. The summed E-state index contributed by atoms with van der Waals surface area (Å²) < 4.78 is 0. The van der Waals surface area contributed by atoms with Gasteiger partial charge in [-0.15, -0.1) is 0 Å². The van der Waals surface area contributed by atoms with Gasteiger partial charge in [0.2, 0.25) is 0 Å². The third kappa shape index (κ3) is 8.27. The molecule has 1 fully saturated rings. The van der Waals surface area contributed by atoms with E-state index in [-0.39, 0.29) is 0 Å². The van der Waals surface area contributed by atoms with Gasteiger partial charge in [-0.2, -0.15) is 0 Å². The molecule has 0 aliphatic heterocycles. The second kappa shape index (κ2) is 11.6. The first kappa shape index (κ1) is 19.0. The predicted octanol–water partition coefficient (Wildman–Crippen LogP) is 7.90. The van der Waals surface area contributed by atoms with Gasteiger partial charge >= 0.3 is 0 Å². The van der Waals surface area contributed by atoms with Crippen LogP contribution in [0.5, 0.6) is 0 Å². The van der Waals surface area contributed by atoms with Crippen LogP contribution >= 0.6 is 0 Å². The van der Waals surface area contributed by atoms with E-state index < -0.39 is 0 Å². The number of hydrogen-bond donors (Lipinski definition) is 0. The summed E-state index contributed by atoms with van der Waals surface area (Å²) >= 11 is 0. The van der Waals surface area contributed by atoms with E-state index in [0.29, 0.717) is 0 Å². The maximum absolute atomic E-state index is 2.47. The molecule has 0 saturated heterocycles. The lowest BCUT2D eigenvalue weighted by Gasteiger charge is -2.29. The highest BCUT2D eigenvalue weighted by Crippen LogP contribution is 2.48. The standard InChI is InChI=1S/C21H42/c1-4-6-7-8-9-10-11-12-13-14-17-21(16-5-2)18-15-20(3)19-21/h20H,4-19H2,1-3H3/t20-,21?/m0/s1. The summed E-state index contributed by atoms with van der Waals surface area (Å²) in [6, 6.07) is 0. The van der Waals surface area contributed by atoms with Gasteiger partial charge in [0, 0.05) is 0 Å². The molecule has 0 amide bonds. The summed E-state index contributed by atoms with van der Waals surface area (Å²) in [5, 5.41) is 0. The minimum absolute atomic E-state index is 0.758. The van der Waals surface area contributed by atoms with E-state index in [1.54, 1.807) is 0 Å². The molecule has 0 radical (unpaired) electrons. The molecule has 0 aromatic carbocycles. The van der Waals surface area contributed by atoms with Gasteiger partial charge in [-0.1, -0.05) is 97.8 Å². The molecule has 1 unspecified atom stereocenters. The first-order valence-electron chi connectivity index (χ1n) is 10.2. The molecular formula is C21H42. The zero-order valence-electron chi connectivity index (χ0n) is 15.4. The Morgan fingerprint density at radius 3 is 1.76 bits per heavy atom. The van der Waals surface area contributed by atoms with Crippen molar-refractivity contribution in [2.45, 2.75) is 124 Å². The highest BCUT2D eigenvalue weighted by Gasteiger charge is 2.35. The molecule has 0 aromatic heterocycles. The highest BCUT2D eigenvalue weighted by molar-refractivity contribution is 4.87. The van der Waals surface area contributed by atoms with Crippen molar-refractivity contribution >= 4 is 0 Å². The number of rotatable bonds is 13. The molecule has 0 heterocycles. The van der Waals surface area contributed by atoms with Crippen LogP contribution in [0.3, 0.4) is 0 Å². The first-order valence-corrected chi connectivity index (χ1v) is 10.2. The minimum Gasteiger partial charge on any atom is -0.0654 e. The molecule has 21 heavy (non-hydrogen) atoms. The summed E-state index contributed by atoms with van der Waals surface area (Å²) in [6.45, 7) is 7.15. The maximum atomic E-state index is 2.47. The zero-order chi connectivity index (χ0) is 15.4. The van der Waals surface area contributed by atoms with Gasteiger partial charge in [0.15, 0.2) is 0 Å². The Hall–Kier alpha value is 0. The van der Waals surface area contributed by atoms with E-state index in [2.05, 4.69) is 20.8 Å². The largest absolute Gasteiger partial charge is 0.0654 e. The lowest BCUT2D eigenvalue weighted by molar-refractivity contribution is 0.228. The van der Waals surface area contributed by atoms with Crippen molar-refractivity contribution in [2.75, 3.05) is 0 Å². The highest BCUT2D eigenvalue weighted by atomic mass is 14.4. The lowest BCUT2D eigenvalue weighted by Crippen LogP contribution is -2.16. The summed E-state index contributed by atoms with van der Waals surface area (Å²) in [6.07, 6.45) is 23.7. The molecule has 0 heteroatoms. The first-order chi connectivity index (χ1) is 10.2. The second-order valence-corrected chi connectivity index (χ2v) is 8.03. The van der Waals surface area contributed by atoms with Crippen molar-refractivity contribution < 1.29 is 0 Å². The van der Waals surface area contributed by atoms with Gasteiger partial charge in [-0.05, 0) is 37.0 Å². The van der Waals surface area contributed by atoms with E-state index in [9.17, 15) is 0 Å². The van der Waals surface area contributed by atoms with Crippen molar-refractivity contribution in [1.29, 1.82) is 0 Å². The van der Waals surface area contributed by atoms with Gasteiger partial charge < -0.3 is 0 Å². The Morgan fingerprint density at radius 2 is 1.29 bits per heavy atom. The third-order valence-corrected chi connectivity index (χ3v) is 5.79. The van der Waals surface area contributed by atoms with Gasteiger partial charge in [0.05, 0.1) is 0 Å². The van der Waals surface area contributed by atoms with Crippen molar-refractivity contribution in [3.63, 3.8) is 0 Å². The molecule has 2 atom stereocenters. The molecule has 1 aliphatic rings. The van der Waals surface area contributed by atoms with Crippen LogP contribution in [-0.2, 0) is 0 Å². The van der Waals surface area contributed by atoms with Crippen LogP contribution in [0, 0.1) is 11.3 Å². The fourth-order valence-corrected chi connectivity index (χ4v) is 4.59. The summed E-state index contributed by atoms with van der Waals surface area (Å²) in [5.74, 6) is 1.000. The molecule has 0 aromatic rings. The molecule has 1 saturated carbocycles. The summed E-state index contributed by atoms with van der Waals surface area (Å²) in [5.41, 5.74) is 0.758. The molecule has 0 N–H and O–H groups in total. The van der Waals surface area contributed by atoms with Crippen LogP contribution in [0.1, 0.15) is 124 Å². The van der Waals surface area contributed by atoms with E-state index in [0.717, 1.165) is 11.3 Å². The van der Waals surface area contributed by atoms with Crippen LogP contribution in [-0.4, -0.2) is 0 Å². The average molecular weight is 295 g/mol. The van der Waals surface area contributed by atoms with Crippen molar-refractivity contribution in [2.24, 2.45) is 11.3 Å².